The number of carbonyl (C=O) groups is 1. The molecule has 1 aliphatic heterocycles. The van der Waals surface area contributed by atoms with E-state index in [1.807, 2.05) is 35.1 Å². The highest BCUT2D eigenvalue weighted by Gasteiger charge is 2.21. The molecule has 0 aliphatic carbocycles. The summed E-state index contributed by atoms with van der Waals surface area (Å²) in [4.78, 5) is 17.3. The number of nitrogens with zero attached hydrogens (tertiary/aromatic N) is 3. The lowest BCUT2D eigenvalue weighted by molar-refractivity contribution is 0.0978. The van der Waals surface area contributed by atoms with Gasteiger partial charge in [0, 0.05) is 17.5 Å². The maximum atomic E-state index is 13.0. The van der Waals surface area contributed by atoms with Gasteiger partial charge in [0.2, 0.25) is 0 Å². The van der Waals surface area contributed by atoms with Gasteiger partial charge in [0.05, 0.1) is 18.7 Å². The number of nitrogens with one attached hydrogen (secondary N) is 1. The first-order valence-corrected chi connectivity index (χ1v) is 10.3. The SMILES string of the molecule is Cc1ccc(-c2nn(Cc3ccccc3)cc2C(=O)NC2=NCCS2)cc1C. The van der Waals surface area contributed by atoms with Gasteiger partial charge < -0.3 is 5.32 Å². The van der Waals surface area contributed by atoms with Crippen molar-refractivity contribution < 1.29 is 4.79 Å². The number of aromatic nitrogens is 2. The van der Waals surface area contributed by atoms with Crippen LogP contribution >= 0.6 is 11.8 Å². The summed E-state index contributed by atoms with van der Waals surface area (Å²) in [7, 11) is 0. The van der Waals surface area contributed by atoms with Crippen LogP contribution in [0.15, 0.2) is 59.7 Å². The Bertz CT molecular complexity index is 1040. The number of hydrogen-bond acceptors (Lipinski definition) is 4. The van der Waals surface area contributed by atoms with E-state index in [0.29, 0.717) is 23.0 Å². The van der Waals surface area contributed by atoms with Crippen molar-refractivity contribution in [2.75, 3.05) is 12.3 Å². The number of thioether (sulfide) groups is 1. The van der Waals surface area contributed by atoms with E-state index < -0.39 is 0 Å². The molecule has 2 heterocycles. The van der Waals surface area contributed by atoms with Crippen molar-refractivity contribution in [2.24, 2.45) is 4.99 Å². The number of benzene rings is 2. The molecular weight excluding hydrogens is 368 g/mol. The second-order valence-electron chi connectivity index (χ2n) is 6.86. The van der Waals surface area contributed by atoms with E-state index in [9.17, 15) is 4.79 Å². The minimum atomic E-state index is -0.166. The molecule has 1 amide bonds. The van der Waals surface area contributed by atoms with Crippen LogP contribution in [0.4, 0.5) is 0 Å². The summed E-state index contributed by atoms with van der Waals surface area (Å²) in [5.74, 6) is 0.744. The molecule has 0 spiro atoms. The molecule has 28 heavy (non-hydrogen) atoms. The normalized spacial score (nSPS) is 13.4. The average Bonchev–Trinajstić information content (AvgIpc) is 3.35. The topological polar surface area (TPSA) is 59.3 Å². The first-order chi connectivity index (χ1) is 13.6. The Balaban J connectivity index is 1.70. The van der Waals surface area contributed by atoms with Crippen LogP contribution in [0, 0.1) is 13.8 Å². The summed E-state index contributed by atoms with van der Waals surface area (Å²) in [5.41, 5.74) is 5.74. The highest BCUT2D eigenvalue weighted by molar-refractivity contribution is 8.14. The van der Waals surface area contributed by atoms with Crippen LogP contribution in [0.3, 0.4) is 0 Å². The maximum Gasteiger partial charge on any atom is 0.261 e. The van der Waals surface area contributed by atoms with Gasteiger partial charge in [-0.1, -0.05) is 54.2 Å². The molecule has 0 unspecified atom stereocenters. The van der Waals surface area contributed by atoms with Crippen LogP contribution in [0.2, 0.25) is 0 Å². The highest BCUT2D eigenvalue weighted by atomic mass is 32.2. The Morgan fingerprint density at radius 3 is 2.68 bits per heavy atom. The highest BCUT2D eigenvalue weighted by Crippen LogP contribution is 2.25. The third-order valence-electron chi connectivity index (χ3n) is 4.78. The Kier molecular flexibility index (Phi) is 5.30. The van der Waals surface area contributed by atoms with E-state index in [0.717, 1.165) is 23.4 Å². The molecule has 1 N–H and O–H groups in total. The molecule has 2 aromatic carbocycles. The van der Waals surface area contributed by atoms with Crippen molar-refractivity contribution in [1.82, 2.24) is 15.1 Å². The molecule has 1 aromatic heterocycles. The van der Waals surface area contributed by atoms with E-state index in [1.54, 1.807) is 11.8 Å². The van der Waals surface area contributed by atoms with Crippen LogP contribution in [0.25, 0.3) is 11.3 Å². The average molecular weight is 391 g/mol. The molecule has 3 aromatic rings. The van der Waals surface area contributed by atoms with Gasteiger partial charge in [-0.3, -0.25) is 14.5 Å². The van der Waals surface area contributed by atoms with E-state index in [-0.39, 0.29) is 5.91 Å². The Morgan fingerprint density at radius 1 is 1.14 bits per heavy atom. The summed E-state index contributed by atoms with van der Waals surface area (Å²) in [6.45, 7) is 5.51. The van der Waals surface area contributed by atoms with E-state index in [1.165, 1.54) is 11.1 Å². The lowest BCUT2D eigenvalue weighted by Gasteiger charge is -2.06. The smallest absolute Gasteiger partial charge is 0.261 e. The van der Waals surface area contributed by atoms with Crippen molar-refractivity contribution in [2.45, 2.75) is 20.4 Å². The number of hydrogen-bond donors (Lipinski definition) is 1. The summed E-state index contributed by atoms with van der Waals surface area (Å²) in [5, 5.41) is 8.37. The molecule has 0 atom stereocenters. The Hall–Kier alpha value is -2.86. The number of amidine groups is 1. The van der Waals surface area contributed by atoms with Crippen molar-refractivity contribution in [3.05, 3.63) is 77.0 Å². The van der Waals surface area contributed by atoms with Gasteiger partial charge in [-0.05, 0) is 36.6 Å². The predicted molar refractivity (Wildman–Crippen MR) is 115 cm³/mol. The third kappa shape index (κ3) is 4.02. The second-order valence-corrected chi connectivity index (χ2v) is 7.95. The monoisotopic (exact) mass is 390 g/mol. The van der Waals surface area contributed by atoms with Gasteiger partial charge in [0.1, 0.15) is 5.69 Å². The van der Waals surface area contributed by atoms with Gasteiger partial charge in [-0.15, -0.1) is 0 Å². The molecule has 1 aliphatic rings. The second kappa shape index (κ2) is 8.02. The van der Waals surface area contributed by atoms with Crippen molar-refractivity contribution in [3.63, 3.8) is 0 Å². The quantitative estimate of drug-likeness (QED) is 0.731. The van der Waals surface area contributed by atoms with Crippen molar-refractivity contribution >= 4 is 22.8 Å². The standard InChI is InChI=1S/C22H22N4OS/c1-15-8-9-18(12-16(15)2)20-19(21(27)24-22-23-10-11-28-22)14-26(25-20)13-17-6-4-3-5-7-17/h3-9,12,14H,10-11,13H2,1-2H3,(H,23,24,27). The molecular formula is C22H22N4OS. The zero-order valence-electron chi connectivity index (χ0n) is 16.0. The van der Waals surface area contributed by atoms with Gasteiger partial charge in [-0.2, -0.15) is 5.10 Å². The summed E-state index contributed by atoms with van der Waals surface area (Å²) >= 11 is 1.57. The number of rotatable bonds is 4. The van der Waals surface area contributed by atoms with E-state index >= 15 is 0 Å². The summed E-state index contributed by atoms with van der Waals surface area (Å²) in [6, 6.07) is 16.3. The molecule has 5 nitrogen and oxygen atoms in total. The predicted octanol–water partition coefficient (Wildman–Crippen LogP) is 4.05. The zero-order chi connectivity index (χ0) is 19.5. The molecule has 6 heteroatoms. The van der Waals surface area contributed by atoms with Gasteiger partial charge in [-0.25, -0.2) is 0 Å². The third-order valence-corrected chi connectivity index (χ3v) is 5.67. The lowest BCUT2D eigenvalue weighted by atomic mass is 10.0. The number of amides is 1. The molecule has 0 radical (unpaired) electrons. The fraction of sp³-hybridized carbons (Fsp3) is 0.227. The maximum absolute atomic E-state index is 13.0. The van der Waals surface area contributed by atoms with E-state index in [4.69, 9.17) is 5.10 Å². The fourth-order valence-corrected chi connectivity index (χ4v) is 3.84. The minimum Gasteiger partial charge on any atom is -0.301 e. The van der Waals surface area contributed by atoms with Crippen molar-refractivity contribution in [3.8, 4) is 11.3 Å². The van der Waals surface area contributed by atoms with Gasteiger partial charge in [0.15, 0.2) is 5.17 Å². The Morgan fingerprint density at radius 2 is 1.96 bits per heavy atom. The molecule has 4 rings (SSSR count). The molecule has 0 fully saturated rings. The molecule has 0 bridgehead atoms. The van der Waals surface area contributed by atoms with Crippen LogP contribution in [-0.4, -0.2) is 33.2 Å². The largest absolute Gasteiger partial charge is 0.301 e. The van der Waals surface area contributed by atoms with Crippen LogP contribution in [0.5, 0.6) is 0 Å². The van der Waals surface area contributed by atoms with Gasteiger partial charge in [0.25, 0.3) is 5.91 Å². The lowest BCUT2D eigenvalue weighted by Crippen LogP contribution is -2.27. The van der Waals surface area contributed by atoms with Crippen molar-refractivity contribution in [1.29, 1.82) is 0 Å². The molecule has 0 saturated carbocycles. The van der Waals surface area contributed by atoms with E-state index in [2.05, 4.69) is 48.4 Å². The number of carbonyl (C=O) groups excluding carboxylic acids is 1. The van der Waals surface area contributed by atoms with Crippen LogP contribution in [0.1, 0.15) is 27.0 Å². The Labute approximate surface area is 168 Å². The molecule has 142 valence electrons. The first-order valence-electron chi connectivity index (χ1n) is 9.28. The minimum absolute atomic E-state index is 0.166. The number of aliphatic imine (C=N–C) groups is 1. The number of aryl methyl sites for hydroxylation is 2. The summed E-state index contributed by atoms with van der Waals surface area (Å²) in [6.07, 6.45) is 1.83. The van der Waals surface area contributed by atoms with Gasteiger partial charge >= 0.3 is 0 Å². The first kappa shape index (κ1) is 18.5. The van der Waals surface area contributed by atoms with Crippen LogP contribution in [-0.2, 0) is 6.54 Å². The van der Waals surface area contributed by atoms with Crippen LogP contribution < -0.4 is 5.32 Å². The molecule has 0 saturated heterocycles. The fourth-order valence-electron chi connectivity index (χ4n) is 3.12. The zero-order valence-corrected chi connectivity index (χ0v) is 16.8. The summed E-state index contributed by atoms with van der Waals surface area (Å²) < 4.78 is 1.83.